The van der Waals surface area contributed by atoms with Gasteiger partial charge < -0.3 is 16.0 Å². The molecule has 2 aromatic carbocycles. The molecular formula is C21H17N5O3S. The third-order valence-electron chi connectivity index (χ3n) is 4.69. The van der Waals surface area contributed by atoms with Crippen LogP contribution < -0.4 is 11.1 Å². The molecule has 0 aliphatic rings. The molecule has 150 valence electrons. The molecule has 0 aliphatic heterocycles. The lowest BCUT2D eigenvalue weighted by Gasteiger charge is -2.16. The summed E-state index contributed by atoms with van der Waals surface area (Å²) in [5.74, 6) is -2.50. The largest absolute Gasteiger partial charge is 0.363 e. The highest BCUT2D eigenvalue weighted by atomic mass is 32.1. The maximum Gasteiger partial charge on any atom is 0.287 e. The molecule has 0 saturated heterocycles. The number of aromatic amines is 1. The first kappa shape index (κ1) is 19.5. The summed E-state index contributed by atoms with van der Waals surface area (Å²) >= 11 is 0.918. The molecule has 0 aliphatic carbocycles. The number of Topliss-reactive ketones (excluding diaryl/α,β-unsaturated/α-hetero) is 1. The Labute approximate surface area is 175 Å². The Kier molecular flexibility index (Phi) is 5.36. The Balaban J connectivity index is 1.63. The standard InChI is InChI=1S/C21H17N5O3S/c22-20(28)18(27)16(10-12-6-2-1-3-7-12)24-21(29)19-17(25-26-30-19)14-11-23-15-9-5-4-8-13(14)15/h1-9,11,16,23H,10H2,(H2,22,28)(H,24,29). The number of nitrogens with one attached hydrogen (secondary N) is 2. The Hall–Kier alpha value is -3.85. The molecule has 2 amide bonds. The Morgan fingerprint density at radius 3 is 2.57 bits per heavy atom. The van der Waals surface area contributed by atoms with Gasteiger partial charge in [-0.25, -0.2) is 0 Å². The monoisotopic (exact) mass is 419 g/mol. The van der Waals surface area contributed by atoms with Crippen molar-refractivity contribution in [1.29, 1.82) is 0 Å². The molecule has 0 fully saturated rings. The van der Waals surface area contributed by atoms with Crippen molar-refractivity contribution in [1.82, 2.24) is 19.9 Å². The highest BCUT2D eigenvalue weighted by Gasteiger charge is 2.28. The maximum absolute atomic E-state index is 13.0. The number of carbonyl (C=O) groups is 3. The van der Waals surface area contributed by atoms with Crippen molar-refractivity contribution in [2.75, 3.05) is 0 Å². The van der Waals surface area contributed by atoms with E-state index in [9.17, 15) is 14.4 Å². The summed E-state index contributed by atoms with van der Waals surface area (Å²) in [5.41, 5.74) is 8.01. The van der Waals surface area contributed by atoms with Crippen molar-refractivity contribution >= 4 is 40.0 Å². The number of ketones is 1. The Morgan fingerprint density at radius 2 is 1.80 bits per heavy atom. The number of para-hydroxylation sites is 1. The first-order chi connectivity index (χ1) is 14.5. The predicted molar refractivity (Wildman–Crippen MR) is 113 cm³/mol. The van der Waals surface area contributed by atoms with Crippen molar-refractivity contribution in [3.63, 3.8) is 0 Å². The fraction of sp³-hybridized carbons (Fsp3) is 0.0952. The number of hydrogen-bond acceptors (Lipinski definition) is 6. The summed E-state index contributed by atoms with van der Waals surface area (Å²) in [4.78, 5) is 40.2. The Bertz CT molecular complexity index is 1230. The van der Waals surface area contributed by atoms with E-state index in [1.165, 1.54) is 0 Å². The number of nitrogens with two attached hydrogens (primary N) is 1. The van der Waals surface area contributed by atoms with Crippen LogP contribution in [0.5, 0.6) is 0 Å². The lowest BCUT2D eigenvalue weighted by molar-refractivity contribution is -0.137. The first-order valence-electron chi connectivity index (χ1n) is 9.12. The number of nitrogens with zero attached hydrogens (tertiary/aromatic N) is 2. The van der Waals surface area contributed by atoms with E-state index in [1.807, 2.05) is 42.5 Å². The zero-order chi connectivity index (χ0) is 21.1. The molecule has 30 heavy (non-hydrogen) atoms. The van der Waals surface area contributed by atoms with Gasteiger partial charge in [-0.1, -0.05) is 53.0 Å². The second kappa shape index (κ2) is 8.26. The van der Waals surface area contributed by atoms with Gasteiger partial charge in [-0.2, -0.15) is 0 Å². The quantitative estimate of drug-likeness (QED) is 0.395. The zero-order valence-electron chi connectivity index (χ0n) is 15.7. The summed E-state index contributed by atoms with van der Waals surface area (Å²) in [6.45, 7) is 0. The van der Waals surface area contributed by atoms with Gasteiger partial charge in [0.2, 0.25) is 5.78 Å². The van der Waals surface area contributed by atoms with Gasteiger partial charge in [0.25, 0.3) is 11.8 Å². The molecule has 2 aromatic heterocycles. The number of carbonyl (C=O) groups excluding carboxylic acids is 3. The number of benzene rings is 2. The molecule has 8 nitrogen and oxygen atoms in total. The molecule has 4 rings (SSSR count). The fourth-order valence-corrected chi connectivity index (χ4v) is 3.82. The van der Waals surface area contributed by atoms with Gasteiger partial charge in [-0.3, -0.25) is 14.4 Å². The molecule has 0 radical (unpaired) electrons. The van der Waals surface area contributed by atoms with E-state index in [-0.39, 0.29) is 11.3 Å². The maximum atomic E-state index is 13.0. The summed E-state index contributed by atoms with van der Waals surface area (Å²) < 4.78 is 3.92. The van der Waals surface area contributed by atoms with Crippen molar-refractivity contribution in [3.8, 4) is 11.3 Å². The van der Waals surface area contributed by atoms with E-state index in [1.54, 1.807) is 18.3 Å². The third-order valence-corrected chi connectivity index (χ3v) is 5.41. The van der Waals surface area contributed by atoms with Gasteiger partial charge in [0.1, 0.15) is 16.6 Å². The van der Waals surface area contributed by atoms with Crippen LogP contribution in [-0.2, 0) is 16.0 Å². The van der Waals surface area contributed by atoms with E-state index in [0.29, 0.717) is 5.69 Å². The SMILES string of the molecule is NC(=O)C(=O)C(Cc1ccccc1)NC(=O)c1snnc1-c1c[nH]c2ccccc12. The number of hydrogen-bond donors (Lipinski definition) is 3. The van der Waals surface area contributed by atoms with E-state index < -0.39 is 23.6 Å². The average Bonchev–Trinajstić information content (AvgIpc) is 3.40. The minimum Gasteiger partial charge on any atom is -0.363 e. The van der Waals surface area contributed by atoms with Crippen LogP contribution in [0.15, 0.2) is 60.8 Å². The zero-order valence-corrected chi connectivity index (χ0v) is 16.5. The van der Waals surface area contributed by atoms with Crippen molar-refractivity contribution < 1.29 is 14.4 Å². The number of fused-ring (bicyclic) bond motifs is 1. The van der Waals surface area contributed by atoms with Crippen LogP contribution in [0.1, 0.15) is 15.2 Å². The van der Waals surface area contributed by atoms with Gasteiger partial charge in [0.05, 0.1) is 0 Å². The second-order valence-corrected chi connectivity index (χ2v) is 7.40. The van der Waals surface area contributed by atoms with Gasteiger partial charge in [0.15, 0.2) is 0 Å². The molecule has 4 N–H and O–H groups in total. The predicted octanol–water partition coefficient (Wildman–Crippen LogP) is 2.08. The number of H-pyrrole nitrogens is 1. The smallest absolute Gasteiger partial charge is 0.287 e. The van der Waals surface area contributed by atoms with Crippen molar-refractivity contribution in [3.05, 3.63) is 71.2 Å². The molecule has 0 bridgehead atoms. The average molecular weight is 419 g/mol. The van der Waals surface area contributed by atoms with Gasteiger partial charge in [0, 0.05) is 29.1 Å². The second-order valence-electron chi connectivity index (χ2n) is 6.64. The minimum absolute atomic E-state index is 0.142. The van der Waals surface area contributed by atoms with E-state index in [4.69, 9.17) is 5.73 Å². The van der Waals surface area contributed by atoms with Crippen molar-refractivity contribution in [2.45, 2.75) is 12.5 Å². The normalized spacial score (nSPS) is 11.9. The molecule has 0 spiro atoms. The summed E-state index contributed by atoms with van der Waals surface area (Å²) in [5, 5.41) is 7.64. The van der Waals surface area contributed by atoms with Crippen LogP contribution in [0.2, 0.25) is 0 Å². The van der Waals surface area contributed by atoms with E-state index in [0.717, 1.165) is 33.6 Å². The number of aromatic nitrogens is 3. The van der Waals surface area contributed by atoms with Gasteiger partial charge in [-0.05, 0) is 23.2 Å². The minimum atomic E-state index is -1.10. The molecular weight excluding hydrogens is 402 g/mol. The Morgan fingerprint density at radius 1 is 1.07 bits per heavy atom. The summed E-state index contributed by atoms with van der Waals surface area (Å²) in [7, 11) is 0. The van der Waals surface area contributed by atoms with Crippen LogP contribution in [0.3, 0.4) is 0 Å². The summed E-state index contributed by atoms with van der Waals surface area (Å²) in [6.07, 6.45) is 1.90. The van der Waals surface area contributed by atoms with E-state index in [2.05, 4.69) is 19.9 Å². The molecule has 4 aromatic rings. The topological polar surface area (TPSA) is 131 Å². The first-order valence-corrected chi connectivity index (χ1v) is 9.89. The van der Waals surface area contributed by atoms with E-state index >= 15 is 0 Å². The van der Waals surface area contributed by atoms with Crippen LogP contribution >= 0.6 is 11.5 Å². The third kappa shape index (κ3) is 3.83. The highest BCUT2D eigenvalue weighted by Crippen LogP contribution is 2.30. The fourth-order valence-electron chi connectivity index (χ4n) is 3.24. The van der Waals surface area contributed by atoms with Gasteiger partial charge >= 0.3 is 0 Å². The van der Waals surface area contributed by atoms with Crippen LogP contribution in [0.25, 0.3) is 22.2 Å². The summed E-state index contributed by atoms with van der Waals surface area (Å²) in [6, 6.07) is 15.6. The van der Waals surface area contributed by atoms with Crippen LogP contribution in [-0.4, -0.2) is 38.2 Å². The van der Waals surface area contributed by atoms with Crippen molar-refractivity contribution in [2.24, 2.45) is 5.73 Å². The number of amides is 2. The molecule has 0 saturated carbocycles. The molecule has 9 heteroatoms. The molecule has 1 unspecified atom stereocenters. The van der Waals surface area contributed by atoms with Crippen LogP contribution in [0.4, 0.5) is 0 Å². The van der Waals surface area contributed by atoms with Crippen LogP contribution in [0, 0.1) is 0 Å². The number of rotatable bonds is 7. The lowest BCUT2D eigenvalue weighted by atomic mass is 10.0. The lowest BCUT2D eigenvalue weighted by Crippen LogP contribution is -2.47. The van der Waals surface area contributed by atoms with Gasteiger partial charge in [-0.15, -0.1) is 5.10 Å². The number of primary amides is 1. The molecule has 1 atom stereocenters. The highest BCUT2D eigenvalue weighted by molar-refractivity contribution is 7.08. The molecule has 2 heterocycles.